The summed E-state index contributed by atoms with van der Waals surface area (Å²) in [5.74, 6) is 2.39. The number of amides is 1. The Bertz CT molecular complexity index is 1080. The number of aromatic nitrogens is 2. The van der Waals surface area contributed by atoms with Crippen LogP contribution in [0.15, 0.2) is 59.5 Å². The number of nitrogens with one attached hydrogen (secondary N) is 2. The minimum Gasteiger partial charge on any atom is -0.448 e. The molecule has 1 amide bonds. The van der Waals surface area contributed by atoms with Crippen LogP contribution >= 0.6 is 0 Å². The normalized spacial score (nSPS) is 12.0. The molecule has 4 rings (SSSR count). The molecule has 1 heterocycles. The predicted octanol–water partition coefficient (Wildman–Crippen LogP) is 3.11. The van der Waals surface area contributed by atoms with E-state index in [0.29, 0.717) is 0 Å². The van der Waals surface area contributed by atoms with Crippen molar-refractivity contribution in [1.29, 1.82) is 0 Å². The Morgan fingerprint density at radius 2 is 1.78 bits per heavy atom. The lowest BCUT2D eigenvalue weighted by Gasteiger charge is -2.14. The molecule has 132 valence electrons. The summed E-state index contributed by atoms with van der Waals surface area (Å²) >= 11 is 0. The number of fused-ring (bicyclic) bond motifs is 3. The topological polar surface area (TPSA) is 84.1 Å². The summed E-state index contributed by atoms with van der Waals surface area (Å²) in [6.07, 6.45) is 5.87. The Labute approximate surface area is 155 Å². The molecule has 6 heteroatoms. The van der Waals surface area contributed by atoms with Crippen LogP contribution in [0, 0.1) is 12.3 Å². The zero-order valence-corrected chi connectivity index (χ0v) is 14.2. The lowest BCUT2D eigenvalue weighted by atomic mass is 9.98. The summed E-state index contributed by atoms with van der Waals surface area (Å²) in [5.41, 5.74) is 4.19. The lowest BCUT2D eigenvalue weighted by molar-refractivity contribution is 0.158. The van der Waals surface area contributed by atoms with Gasteiger partial charge in [0.15, 0.2) is 0 Å². The highest BCUT2D eigenvalue weighted by Gasteiger charge is 2.29. The van der Waals surface area contributed by atoms with Crippen molar-refractivity contribution in [3.8, 4) is 23.5 Å². The van der Waals surface area contributed by atoms with E-state index in [2.05, 4.69) is 33.3 Å². The molecule has 0 fully saturated rings. The van der Waals surface area contributed by atoms with E-state index in [1.807, 2.05) is 36.4 Å². The fourth-order valence-electron chi connectivity index (χ4n) is 3.34. The van der Waals surface area contributed by atoms with Crippen LogP contribution in [-0.2, 0) is 4.74 Å². The fourth-order valence-corrected chi connectivity index (χ4v) is 3.34. The number of carbonyl (C=O) groups is 1. The molecule has 2 aromatic carbocycles. The number of aromatic amines is 1. The fraction of sp³-hybridized carbons (Fsp3) is 0.0952. The summed E-state index contributed by atoms with van der Waals surface area (Å²) in [6.45, 7) is 0.167. The highest BCUT2D eigenvalue weighted by Crippen LogP contribution is 2.44. The van der Waals surface area contributed by atoms with Crippen molar-refractivity contribution in [3.63, 3.8) is 0 Å². The molecule has 3 aromatic rings. The summed E-state index contributed by atoms with van der Waals surface area (Å²) in [5, 5.41) is 2.47. The molecule has 6 nitrogen and oxygen atoms in total. The first-order chi connectivity index (χ1) is 13.2. The van der Waals surface area contributed by atoms with Crippen LogP contribution in [0.4, 0.5) is 10.6 Å². The van der Waals surface area contributed by atoms with Gasteiger partial charge in [0.2, 0.25) is 0 Å². The summed E-state index contributed by atoms with van der Waals surface area (Å²) in [7, 11) is 0. The molecule has 0 atom stereocenters. The maximum atomic E-state index is 12.2. The van der Waals surface area contributed by atoms with E-state index in [4.69, 9.17) is 11.2 Å². The Balaban J connectivity index is 1.53. The van der Waals surface area contributed by atoms with Crippen molar-refractivity contribution >= 4 is 11.9 Å². The van der Waals surface area contributed by atoms with Gasteiger partial charge in [0.25, 0.3) is 0 Å². The molecular formula is C21H15N3O3. The zero-order valence-electron chi connectivity index (χ0n) is 14.2. The van der Waals surface area contributed by atoms with Crippen molar-refractivity contribution in [2.24, 2.45) is 0 Å². The number of rotatable bonds is 3. The smallest absolute Gasteiger partial charge is 0.412 e. The Morgan fingerprint density at radius 1 is 1.15 bits per heavy atom. The number of hydrogen-bond donors (Lipinski definition) is 2. The van der Waals surface area contributed by atoms with Crippen LogP contribution in [0.2, 0.25) is 0 Å². The molecule has 0 radical (unpaired) electrons. The van der Waals surface area contributed by atoms with Crippen LogP contribution in [0.5, 0.6) is 0 Å². The van der Waals surface area contributed by atoms with Crippen molar-refractivity contribution in [3.05, 3.63) is 81.9 Å². The van der Waals surface area contributed by atoms with Crippen LogP contribution in [0.3, 0.4) is 0 Å². The second-order valence-corrected chi connectivity index (χ2v) is 6.07. The average molecular weight is 357 g/mol. The van der Waals surface area contributed by atoms with Crippen molar-refractivity contribution in [2.75, 3.05) is 11.9 Å². The third-order valence-corrected chi connectivity index (χ3v) is 4.54. The Kier molecular flexibility index (Phi) is 4.19. The maximum absolute atomic E-state index is 12.2. The number of benzene rings is 2. The number of carbonyl (C=O) groups excluding carboxylic acids is 1. The summed E-state index contributed by atoms with van der Waals surface area (Å²) in [4.78, 5) is 29.5. The molecule has 0 unspecified atom stereocenters. The van der Waals surface area contributed by atoms with E-state index in [-0.39, 0.29) is 23.9 Å². The second-order valence-electron chi connectivity index (χ2n) is 6.07. The van der Waals surface area contributed by atoms with E-state index in [0.717, 1.165) is 22.3 Å². The first-order valence-electron chi connectivity index (χ1n) is 8.35. The molecular weight excluding hydrogens is 342 g/mol. The predicted molar refractivity (Wildman–Crippen MR) is 101 cm³/mol. The van der Waals surface area contributed by atoms with E-state index in [1.165, 1.54) is 6.20 Å². The van der Waals surface area contributed by atoms with E-state index in [9.17, 15) is 9.59 Å². The number of hydrogen-bond acceptors (Lipinski definition) is 4. The molecule has 27 heavy (non-hydrogen) atoms. The van der Waals surface area contributed by atoms with Gasteiger partial charge in [-0.1, -0.05) is 54.5 Å². The van der Waals surface area contributed by atoms with Gasteiger partial charge in [0.05, 0.1) is 11.8 Å². The highest BCUT2D eigenvalue weighted by atomic mass is 16.5. The van der Waals surface area contributed by atoms with Crippen LogP contribution < -0.4 is 11.0 Å². The lowest BCUT2D eigenvalue weighted by Crippen LogP contribution is -2.22. The third kappa shape index (κ3) is 3.07. The van der Waals surface area contributed by atoms with Crippen molar-refractivity contribution < 1.29 is 9.53 Å². The van der Waals surface area contributed by atoms with Crippen LogP contribution in [-0.4, -0.2) is 22.7 Å². The van der Waals surface area contributed by atoms with Crippen molar-refractivity contribution in [1.82, 2.24) is 9.97 Å². The molecule has 0 saturated carbocycles. The molecule has 0 bridgehead atoms. The minimum absolute atomic E-state index is 0.0493. The Morgan fingerprint density at radius 3 is 2.41 bits per heavy atom. The first kappa shape index (κ1) is 16.6. The summed E-state index contributed by atoms with van der Waals surface area (Å²) < 4.78 is 5.42. The number of terminal acetylenes is 1. The first-order valence-corrected chi connectivity index (χ1v) is 8.35. The number of H-pyrrole nitrogens is 1. The van der Waals surface area contributed by atoms with Gasteiger partial charge in [-0.05, 0) is 22.3 Å². The molecule has 2 N–H and O–H groups in total. The largest absolute Gasteiger partial charge is 0.448 e. The molecule has 1 aliphatic carbocycles. The number of anilines is 1. The van der Waals surface area contributed by atoms with E-state index in [1.54, 1.807) is 0 Å². The van der Waals surface area contributed by atoms with Gasteiger partial charge in [0, 0.05) is 5.92 Å². The highest BCUT2D eigenvalue weighted by molar-refractivity contribution is 5.85. The quantitative estimate of drug-likeness (QED) is 0.706. The molecule has 0 saturated heterocycles. The van der Waals surface area contributed by atoms with Gasteiger partial charge >= 0.3 is 11.8 Å². The van der Waals surface area contributed by atoms with E-state index >= 15 is 0 Å². The van der Waals surface area contributed by atoms with E-state index < -0.39 is 11.8 Å². The SMILES string of the molecule is C#Cc1cnc(=O)[nH]c1NC(=O)OCC1c2ccccc2-c2ccccc21. The minimum atomic E-state index is -0.699. The maximum Gasteiger partial charge on any atom is 0.412 e. The van der Waals surface area contributed by atoms with Crippen molar-refractivity contribution in [2.45, 2.75) is 5.92 Å². The zero-order chi connectivity index (χ0) is 18.8. The molecule has 1 aromatic heterocycles. The number of nitrogens with zero attached hydrogens (tertiary/aromatic N) is 1. The van der Waals surface area contributed by atoms with Gasteiger partial charge in [-0.2, -0.15) is 0 Å². The molecule has 1 aliphatic rings. The molecule has 0 spiro atoms. The standard InChI is InChI=1S/C21H15N3O3/c1-2-13-11-22-20(25)23-19(13)24-21(26)27-12-18-16-9-5-3-7-14(16)15-8-4-6-10-17(15)18/h1,3-11,18H,12H2,(H2,22,23,24,25,26). The monoisotopic (exact) mass is 357 g/mol. The summed E-state index contributed by atoms with van der Waals surface area (Å²) in [6, 6.07) is 16.1. The van der Waals surface area contributed by atoms with Crippen LogP contribution in [0.25, 0.3) is 11.1 Å². The second kappa shape index (κ2) is 6.81. The van der Waals surface area contributed by atoms with Gasteiger partial charge in [-0.15, -0.1) is 6.42 Å². The van der Waals surface area contributed by atoms with Crippen LogP contribution in [0.1, 0.15) is 22.6 Å². The van der Waals surface area contributed by atoms with Gasteiger partial charge < -0.3 is 4.74 Å². The Hall–Kier alpha value is -3.85. The van der Waals surface area contributed by atoms with Gasteiger partial charge in [-0.3, -0.25) is 10.3 Å². The third-order valence-electron chi connectivity index (χ3n) is 4.54. The van der Waals surface area contributed by atoms with Gasteiger partial charge in [-0.25, -0.2) is 14.6 Å². The molecule has 0 aliphatic heterocycles. The van der Waals surface area contributed by atoms with Gasteiger partial charge in [0.1, 0.15) is 12.4 Å². The number of ether oxygens (including phenoxy) is 1. The average Bonchev–Trinajstić information content (AvgIpc) is 3.00.